The highest BCUT2D eigenvalue weighted by Crippen LogP contribution is 2.21. The lowest BCUT2D eigenvalue weighted by Crippen LogP contribution is -2.27. The summed E-state index contributed by atoms with van der Waals surface area (Å²) in [5, 5.41) is 2.95. The molecule has 1 aromatic carbocycles. The number of H-pyrrole nitrogens is 1. The fourth-order valence-corrected chi connectivity index (χ4v) is 3.09. The lowest BCUT2D eigenvalue weighted by molar-refractivity contribution is 0.0947. The zero-order valence-corrected chi connectivity index (χ0v) is 14.6. The van der Waals surface area contributed by atoms with Gasteiger partial charge in [0.15, 0.2) is 11.4 Å². The molecule has 26 heavy (non-hydrogen) atoms. The van der Waals surface area contributed by atoms with Gasteiger partial charge in [0.1, 0.15) is 11.5 Å². The van der Waals surface area contributed by atoms with E-state index in [0.29, 0.717) is 35.8 Å². The predicted octanol–water partition coefficient (Wildman–Crippen LogP) is 2.50. The molecular formula is C19H19N5O2. The van der Waals surface area contributed by atoms with E-state index in [9.17, 15) is 4.79 Å². The molecule has 7 heteroatoms. The van der Waals surface area contributed by atoms with Crippen molar-refractivity contribution < 1.29 is 9.53 Å². The van der Waals surface area contributed by atoms with E-state index in [1.54, 1.807) is 11.5 Å². The van der Waals surface area contributed by atoms with Crippen LogP contribution in [0.15, 0.2) is 42.6 Å². The minimum Gasteiger partial charge on any atom is -0.493 e. The van der Waals surface area contributed by atoms with Crippen LogP contribution < -0.4 is 10.1 Å². The molecule has 0 spiro atoms. The second-order valence-electron chi connectivity index (χ2n) is 6.02. The van der Waals surface area contributed by atoms with Crippen molar-refractivity contribution in [2.75, 3.05) is 13.7 Å². The molecule has 0 aliphatic carbocycles. The number of methoxy groups -OCH3 is 1. The van der Waals surface area contributed by atoms with Crippen LogP contribution in [-0.2, 0) is 6.42 Å². The lowest BCUT2D eigenvalue weighted by Gasteiger charge is -2.06. The average Bonchev–Trinajstić information content (AvgIpc) is 3.20. The van der Waals surface area contributed by atoms with E-state index in [2.05, 4.69) is 20.3 Å². The van der Waals surface area contributed by atoms with Crippen molar-refractivity contribution in [3.05, 3.63) is 59.8 Å². The summed E-state index contributed by atoms with van der Waals surface area (Å²) >= 11 is 0. The van der Waals surface area contributed by atoms with E-state index < -0.39 is 0 Å². The molecule has 0 fully saturated rings. The molecule has 2 N–H and O–H groups in total. The molecular weight excluding hydrogens is 330 g/mol. The van der Waals surface area contributed by atoms with Gasteiger partial charge in [0, 0.05) is 19.2 Å². The molecule has 0 saturated carbocycles. The van der Waals surface area contributed by atoms with E-state index in [1.807, 2.05) is 49.5 Å². The lowest BCUT2D eigenvalue weighted by atomic mass is 10.3. The van der Waals surface area contributed by atoms with Crippen LogP contribution in [-0.4, -0.2) is 38.9 Å². The summed E-state index contributed by atoms with van der Waals surface area (Å²) in [6, 6.07) is 11.5. The Morgan fingerprint density at radius 2 is 2.08 bits per heavy atom. The van der Waals surface area contributed by atoms with Gasteiger partial charge >= 0.3 is 0 Å². The second-order valence-corrected chi connectivity index (χ2v) is 6.02. The number of para-hydroxylation sites is 2. The number of nitrogens with zero attached hydrogens (tertiary/aromatic N) is 3. The van der Waals surface area contributed by atoms with Crippen molar-refractivity contribution in [3.63, 3.8) is 0 Å². The number of ether oxygens (including phenoxy) is 1. The molecule has 0 bridgehead atoms. The van der Waals surface area contributed by atoms with Gasteiger partial charge in [-0.3, -0.25) is 9.20 Å². The summed E-state index contributed by atoms with van der Waals surface area (Å²) in [5.74, 6) is 1.32. The fraction of sp³-hybridized carbons (Fsp3) is 0.211. The van der Waals surface area contributed by atoms with Gasteiger partial charge in [-0.15, -0.1) is 0 Å². The molecule has 4 aromatic rings. The molecule has 4 rings (SSSR count). The smallest absolute Gasteiger partial charge is 0.270 e. The van der Waals surface area contributed by atoms with Crippen LogP contribution in [0.25, 0.3) is 16.7 Å². The van der Waals surface area contributed by atoms with Crippen molar-refractivity contribution >= 4 is 22.6 Å². The minimum absolute atomic E-state index is 0.167. The number of hydrogen-bond acceptors (Lipinski definition) is 4. The number of carbonyl (C=O) groups excluding carboxylic acids is 1. The molecule has 0 saturated heterocycles. The quantitative estimate of drug-likeness (QED) is 0.580. The van der Waals surface area contributed by atoms with Crippen molar-refractivity contribution in [2.24, 2.45) is 0 Å². The average molecular weight is 349 g/mol. The van der Waals surface area contributed by atoms with Gasteiger partial charge < -0.3 is 15.0 Å². The van der Waals surface area contributed by atoms with Crippen LogP contribution in [0.4, 0.5) is 0 Å². The third-order valence-electron chi connectivity index (χ3n) is 4.31. The standard InChI is InChI=1S/C19H19N5O2/c1-12-17(24-11-5-8-15(26-2)18(24)21-12)19(25)20-10-9-16-22-13-6-3-4-7-14(13)23-16/h3-8,11H,9-10H2,1-2H3,(H,20,25)(H,22,23). The predicted molar refractivity (Wildman–Crippen MR) is 98.6 cm³/mol. The highest BCUT2D eigenvalue weighted by molar-refractivity contribution is 5.95. The number of rotatable bonds is 5. The first-order chi connectivity index (χ1) is 12.7. The number of carbonyl (C=O) groups is 1. The van der Waals surface area contributed by atoms with Gasteiger partial charge in [0.2, 0.25) is 0 Å². The molecule has 3 aromatic heterocycles. The topological polar surface area (TPSA) is 84.3 Å². The Morgan fingerprint density at radius 3 is 2.88 bits per heavy atom. The molecule has 0 unspecified atom stereocenters. The maximum absolute atomic E-state index is 12.7. The van der Waals surface area contributed by atoms with Crippen molar-refractivity contribution in [3.8, 4) is 5.75 Å². The van der Waals surface area contributed by atoms with Gasteiger partial charge in [-0.05, 0) is 31.2 Å². The Balaban J connectivity index is 1.50. The second kappa shape index (κ2) is 6.51. The molecule has 0 radical (unpaired) electrons. The van der Waals surface area contributed by atoms with Crippen LogP contribution in [0, 0.1) is 6.92 Å². The van der Waals surface area contributed by atoms with Crippen LogP contribution >= 0.6 is 0 Å². The fourth-order valence-electron chi connectivity index (χ4n) is 3.09. The summed E-state index contributed by atoms with van der Waals surface area (Å²) in [6.07, 6.45) is 2.44. The molecule has 132 valence electrons. The van der Waals surface area contributed by atoms with Gasteiger partial charge in [0.25, 0.3) is 5.91 Å². The molecule has 1 amide bonds. The third-order valence-corrected chi connectivity index (χ3v) is 4.31. The van der Waals surface area contributed by atoms with E-state index in [1.165, 1.54) is 0 Å². The number of amides is 1. The number of benzene rings is 1. The monoisotopic (exact) mass is 349 g/mol. The Labute approximate surface area is 150 Å². The van der Waals surface area contributed by atoms with E-state index in [0.717, 1.165) is 16.9 Å². The van der Waals surface area contributed by atoms with Crippen LogP contribution in [0.1, 0.15) is 22.0 Å². The van der Waals surface area contributed by atoms with Crippen molar-refractivity contribution in [1.29, 1.82) is 0 Å². The summed E-state index contributed by atoms with van der Waals surface area (Å²) in [7, 11) is 1.59. The van der Waals surface area contributed by atoms with Gasteiger partial charge in [-0.1, -0.05) is 12.1 Å². The van der Waals surface area contributed by atoms with Gasteiger partial charge in [0.05, 0.1) is 23.8 Å². The van der Waals surface area contributed by atoms with Crippen LogP contribution in [0.3, 0.4) is 0 Å². The Hall–Kier alpha value is -3.35. The molecule has 0 atom stereocenters. The molecule has 3 heterocycles. The zero-order valence-electron chi connectivity index (χ0n) is 14.6. The number of nitrogens with one attached hydrogen (secondary N) is 2. The summed E-state index contributed by atoms with van der Waals surface area (Å²) in [6.45, 7) is 2.30. The first-order valence-electron chi connectivity index (χ1n) is 8.41. The largest absolute Gasteiger partial charge is 0.493 e. The summed E-state index contributed by atoms with van der Waals surface area (Å²) in [4.78, 5) is 24.9. The van der Waals surface area contributed by atoms with E-state index in [4.69, 9.17) is 4.74 Å². The highest BCUT2D eigenvalue weighted by atomic mass is 16.5. The first-order valence-corrected chi connectivity index (χ1v) is 8.41. The summed E-state index contributed by atoms with van der Waals surface area (Å²) in [5.41, 5.74) is 3.74. The number of fused-ring (bicyclic) bond motifs is 2. The molecule has 7 nitrogen and oxygen atoms in total. The van der Waals surface area contributed by atoms with E-state index >= 15 is 0 Å². The zero-order chi connectivity index (χ0) is 18.1. The molecule has 0 aliphatic heterocycles. The maximum atomic E-state index is 12.7. The van der Waals surface area contributed by atoms with Crippen LogP contribution in [0.5, 0.6) is 5.75 Å². The number of aromatic nitrogens is 4. The Morgan fingerprint density at radius 1 is 1.23 bits per heavy atom. The SMILES string of the molecule is COc1cccn2c(C(=O)NCCc3nc4ccccc4[nH]3)c(C)nc12. The number of pyridine rings is 1. The van der Waals surface area contributed by atoms with Gasteiger partial charge in [-0.2, -0.15) is 0 Å². The highest BCUT2D eigenvalue weighted by Gasteiger charge is 2.18. The number of aromatic amines is 1. The summed E-state index contributed by atoms with van der Waals surface area (Å²) < 4.78 is 7.07. The van der Waals surface area contributed by atoms with Gasteiger partial charge in [-0.25, -0.2) is 9.97 Å². The first kappa shape index (κ1) is 16.1. The number of aryl methyl sites for hydroxylation is 1. The minimum atomic E-state index is -0.167. The molecule has 0 aliphatic rings. The third kappa shape index (κ3) is 2.77. The van der Waals surface area contributed by atoms with Crippen molar-refractivity contribution in [1.82, 2.24) is 24.7 Å². The number of imidazole rings is 2. The van der Waals surface area contributed by atoms with E-state index in [-0.39, 0.29) is 5.91 Å². The normalized spacial score (nSPS) is 11.2. The maximum Gasteiger partial charge on any atom is 0.270 e. The van der Waals surface area contributed by atoms with Crippen LogP contribution in [0.2, 0.25) is 0 Å². The van der Waals surface area contributed by atoms with Crippen molar-refractivity contribution in [2.45, 2.75) is 13.3 Å². The Kier molecular flexibility index (Phi) is 4.04. The Bertz CT molecular complexity index is 1060. The number of hydrogen-bond donors (Lipinski definition) is 2.